The summed E-state index contributed by atoms with van der Waals surface area (Å²) >= 11 is 0. The van der Waals surface area contributed by atoms with E-state index in [0.29, 0.717) is 29.3 Å². The van der Waals surface area contributed by atoms with Gasteiger partial charge in [0, 0.05) is 11.3 Å². The van der Waals surface area contributed by atoms with Crippen molar-refractivity contribution in [3.8, 4) is 5.75 Å². The zero-order valence-electron chi connectivity index (χ0n) is 13.6. The molecule has 0 aliphatic rings. The number of hydrogen-bond donors (Lipinski definition) is 2. The molecule has 0 bridgehead atoms. The van der Waals surface area contributed by atoms with Gasteiger partial charge in [0.2, 0.25) is 10.0 Å². The second-order valence-corrected chi connectivity index (χ2v) is 6.98. The van der Waals surface area contributed by atoms with Crippen LogP contribution in [0, 0.1) is 0 Å². The minimum absolute atomic E-state index is 0.0105. The van der Waals surface area contributed by atoms with Crippen molar-refractivity contribution in [3.05, 3.63) is 54.1 Å². The highest BCUT2D eigenvalue weighted by Gasteiger charge is 2.11. The summed E-state index contributed by atoms with van der Waals surface area (Å²) in [6, 6.07) is 13.4. The van der Waals surface area contributed by atoms with E-state index in [1.807, 2.05) is 13.0 Å². The van der Waals surface area contributed by atoms with Gasteiger partial charge >= 0.3 is 0 Å². The van der Waals surface area contributed by atoms with Gasteiger partial charge in [0.1, 0.15) is 5.75 Å². The van der Waals surface area contributed by atoms with Crippen LogP contribution in [0.25, 0.3) is 0 Å². The highest BCUT2D eigenvalue weighted by atomic mass is 32.2. The van der Waals surface area contributed by atoms with Crippen molar-refractivity contribution >= 4 is 27.3 Å². The standard InChI is InChI=1S/C17H20N2O4S/c1-3-23-16-8-6-5-7-15(16)18-17(20)13-9-11-14(12-10-13)19-24(21,22)4-2/h5-12,19H,3-4H2,1-2H3,(H,18,20). The molecule has 0 fully saturated rings. The van der Waals surface area contributed by atoms with E-state index in [0.717, 1.165) is 0 Å². The van der Waals surface area contributed by atoms with E-state index in [-0.39, 0.29) is 11.7 Å². The molecule has 0 aliphatic heterocycles. The second-order valence-electron chi connectivity index (χ2n) is 4.97. The molecular formula is C17H20N2O4S. The molecule has 6 nitrogen and oxygen atoms in total. The van der Waals surface area contributed by atoms with Gasteiger partial charge in [-0.05, 0) is 50.2 Å². The van der Waals surface area contributed by atoms with E-state index in [9.17, 15) is 13.2 Å². The van der Waals surface area contributed by atoms with Gasteiger partial charge in [0.05, 0.1) is 18.0 Å². The quantitative estimate of drug-likeness (QED) is 0.805. The summed E-state index contributed by atoms with van der Waals surface area (Å²) in [6.45, 7) is 3.92. The van der Waals surface area contributed by atoms with Gasteiger partial charge in [0.15, 0.2) is 0 Å². The Morgan fingerprint density at radius 1 is 1.04 bits per heavy atom. The Labute approximate surface area is 141 Å². The molecule has 2 rings (SSSR count). The predicted molar refractivity (Wildman–Crippen MR) is 95.1 cm³/mol. The molecule has 2 N–H and O–H groups in total. The first-order valence-electron chi connectivity index (χ1n) is 7.59. The first kappa shape index (κ1) is 17.8. The molecule has 0 atom stereocenters. The van der Waals surface area contributed by atoms with Crippen molar-refractivity contribution < 1.29 is 17.9 Å². The molecule has 0 saturated carbocycles. The van der Waals surface area contributed by atoms with Crippen molar-refractivity contribution in [2.75, 3.05) is 22.4 Å². The van der Waals surface area contributed by atoms with E-state index < -0.39 is 10.0 Å². The largest absolute Gasteiger partial charge is 0.492 e. The lowest BCUT2D eigenvalue weighted by molar-refractivity contribution is 0.102. The molecule has 0 unspecified atom stereocenters. The SMILES string of the molecule is CCOc1ccccc1NC(=O)c1ccc(NS(=O)(=O)CC)cc1. The third-order valence-corrected chi connectivity index (χ3v) is 4.54. The van der Waals surface area contributed by atoms with Gasteiger partial charge in [-0.15, -0.1) is 0 Å². The number of amides is 1. The molecule has 128 valence electrons. The first-order valence-corrected chi connectivity index (χ1v) is 9.24. The van der Waals surface area contributed by atoms with Crippen LogP contribution in [0.5, 0.6) is 5.75 Å². The van der Waals surface area contributed by atoms with Crippen molar-refractivity contribution in [2.45, 2.75) is 13.8 Å². The molecule has 0 radical (unpaired) electrons. The number of carbonyl (C=O) groups is 1. The third-order valence-electron chi connectivity index (χ3n) is 3.24. The molecule has 2 aromatic carbocycles. The number of benzene rings is 2. The van der Waals surface area contributed by atoms with Gasteiger partial charge < -0.3 is 10.1 Å². The molecule has 0 aromatic heterocycles. The number of anilines is 2. The van der Waals surface area contributed by atoms with Crippen LogP contribution < -0.4 is 14.8 Å². The van der Waals surface area contributed by atoms with Gasteiger partial charge in [-0.2, -0.15) is 0 Å². The number of hydrogen-bond acceptors (Lipinski definition) is 4. The van der Waals surface area contributed by atoms with E-state index in [2.05, 4.69) is 10.0 Å². The topological polar surface area (TPSA) is 84.5 Å². The van der Waals surface area contributed by atoms with Gasteiger partial charge in [-0.3, -0.25) is 9.52 Å². The van der Waals surface area contributed by atoms with Crippen LogP contribution in [0.2, 0.25) is 0 Å². The predicted octanol–water partition coefficient (Wildman–Crippen LogP) is 3.10. The highest BCUT2D eigenvalue weighted by Crippen LogP contribution is 2.24. The Kier molecular flexibility index (Phi) is 5.81. The molecule has 1 amide bonds. The summed E-state index contributed by atoms with van der Waals surface area (Å²) in [6.07, 6.45) is 0. The van der Waals surface area contributed by atoms with Crippen LogP contribution in [0.4, 0.5) is 11.4 Å². The number of ether oxygens (including phenoxy) is 1. The van der Waals surface area contributed by atoms with Crippen molar-refractivity contribution in [2.24, 2.45) is 0 Å². The minimum Gasteiger partial charge on any atom is -0.492 e. The zero-order valence-corrected chi connectivity index (χ0v) is 14.4. The Morgan fingerprint density at radius 2 is 1.71 bits per heavy atom. The molecule has 24 heavy (non-hydrogen) atoms. The molecule has 0 saturated heterocycles. The Bertz CT molecular complexity index is 802. The molecule has 0 heterocycles. The van der Waals surface area contributed by atoms with Gasteiger partial charge in [-0.1, -0.05) is 12.1 Å². The van der Waals surface area contributed by atoms with Crippen LogP contribution in [0.1, 0.15) is 24.2 Å². The van der Waals surface area contributed by atoms with Crippen LogP contribution in [0.3, 0.4) is 0 Å². The number of rotatable bonds is 7. The van der Waals surface area contributed by atoms with Crippen LogP contribution >= 0.6 is 0 Å². The fourth-order valence-electron chi connectivity index (χ4n) is 1.99. The summed E-state index contributed by atoms with van der Waals surface area (Å²) in [7, 11) is -3.33. The van der Waals surface area contributed by atoms with Crippen molar-refractivity contribution in [3.63, 3.8) is 0 Å². The Hall–Kier alpha value is -2.54. The summed E-state index contributed by atoms with van der Waals surface area (Å²) in [5.41, 5.74) is 1.42. The van der Waals surface area contributed by atoms with E-state index >= 15 is 0 Å². The summed E-state index contributed by atoms with van der Waals surface area (Å²) in [4.78, 5) is 12.3. The normalized spacial score (nSPS) is 10.9. The number of carbonyl (C=O) groups excluding carboxylic acids is 1. The average molecular weight is 348 g/mol. The van der Waals surface area contributed by atoms with Crippen LogP contribution in [-0.4, -0.2) is 26.7 Å². The minimum atomic E-state index is -3.33. The molecule has 2 aromatic rings. The molecule has 7 heteroatoms. The average Bonchev–Trinajstić information content (AvgIpc) is 2.57. The Morgan fingerprint density at radius 3 is 2.33 bits per heavy atom. The maximum Gasteiger partial charge on any atom is 0.255 e. The summed E-state index contributed by atoms with van der Waals surface area (Å²) in [5, 5.41) is 2.79. The van der Waals surface area contributed by atoms with E-state index in [1.165, 1.54) is 0 Å². The monoisotopic (exact) mass is 348 g/mol. The smallest absolute Gasteiger partial charge is 0.255 e. The van der Waals surface area contributed by atoms with Crippen LogP contribution in [-0.2, 0) is 10.0 Å². The maximum absolute atomic E-state index is 12.3. The van der Waals surface area contributed by atoms with Crippen molar-refractivity contribution in [1.29, 1.82) is 0 Å². The summed E-state index contributed by atoms with van der Waals surface area (Å²) < 4.78 is 30.9. The lowest BCUT2D eigenvalue weighted by atomic mass is 10.2. The Balaban J connectivity index is 2.11. The number of nitrogens with one attached hydrogen (secondary N) is 2. The summed E-state index contributed by atoms with van der Waals surface area (Å²) in [5.74, 6) is 0.288. The van der Waals surface area contributed by atoms with Gasteiger partial charge in [-0.25, -0.2) is 8.42 Å². The molecule has 0 spiro atoms. The molecular weight excluding hydrogens is 328 g/mol. The van der Waals surface area contributed by atoms with Gasteiger partial charge in [0.25, 0.3) is 5.91 Å². The number of sulfonamides is 1. The maximum atomic E-state index is 12.3. The lowest BCUT2D eigenvalue weighted by Gasteiger charge is -2.11. The highest BCUT2D eigenvalue weighted by molar-refractivity contribution is 7.92. The third kappa shape index (κ3) is 4.73. The van der Waals surface area contributed by atoms with Crippen LogP contribution in [0.15, 0.2) is 48.5 Å². The second kappa shape index (κ2) is 7.83. The lowest BCUT2D eigenvalue weighted by Crippen LogP contribution is -2.15. The fourth-order valence-corrected chi connectivity index (χ4v) is 2.63. The molecule has 0 aliphatic carbocycles. The first-order chi connectivity index (χ1) is 11.4. The van der Waals surface area contributed by atoms with E-state index in [4.69, 9.17) is 4.74 Å². The fraction of sp³-hybridized carbons (Fsp3) is 0.235. The van der Waals surface area contributed by atoms with E-state index in [1.54, 1.807) is 49.4 Å². The van der Waals surface area contributed by atoms with Crippen molar-refractivity contribution in [1.82, 2.24) is 0 Å². The number of para-hydroxylation sites is 2. The zero-order chi connectivity index (χ0) is 17.6.